The van der Waals surface area contributed by atoms with E-state index in [4.69, 9.17) is 16.3 Å². The van der Waals surface area contributed by atoms with Gasteiger partial charge in [0.25, 0.3) is 0 Å². The average molecular weight is 256 g/mol. The molecule has 86 valence electrons. The van der Waals surface area contributed by atoms with Gasteiger partial charge in [0, 0.05) is 40.6 Å². The molecule has 0 unspecified atom stereocenters. The highest BCUT2D eigenvalue weighted by atomic mass is 35.5. The molecular formula is C12H14ClNOS. The van der Waals surface area contributed by atoms with Gasteiger partial charge in [0.15, 0.2) is 0 Å². The van der Waals surface area contributed by atoms with Crippen LogP contribution in [0.25, 0.3) is 10.9 Å². The number of halogens is 1. The number of aromatic amines is 1. The summed E-state index contributed by atoms with van der Waals surface area (Å²) in [6.07, 6.45) is 2.06. The van der Waals surface area contributed by atoms with Gasteiger partial charge in [0.05, 0.1) is 7.11 Å². The number of aromatic nitrogens is 1. The molecule has 16 heavy (non-hydrogen) atoms. The summed E-state index contributed by atoms with van der Waals surface area (Å²) in [5.74, 6) is 3.58. The molecule has 0 aliphatic heterocycles. The SMILES string of the molecule is COc1ccc2c(CSCCCl)c[nH]c2c1. The number of ether oxygens (including phenoxy) is 1. The van der Waals surface area contributed by atoms with Crippen LogP contribution in [0.1, 0.15) is 5.56 Å². The Hall–Kier alpha value is -0.800. The topological polar surface area (TPSA) is 25.0 Å². The zero-order chi connectivity index (χ0) is 11.4. The van der Waals surface area contributed by atoms with Crippen molar-refractivity contribution in [1.82, 2.24) is 4.98 Å². The fourth-order valence-corrected chi connectivity index (χ4v) is 2.69. The Bertz CT molecular complexity index is 469. The summed E-state index contributed by atoms with van der Waals surface area (Å²) in [5.41, 5.74) is 2.45. The van der Waals surface area contributed by atoms with Crippen LogP contribution in [-0.2, 0) is 5.75 Å². The maximum absolute atomic E-state index is 5.65. The number of fused-ring (bicyclic) bond motifs is 1. The monoisotopic (exact) mass is 255 g/mol. The number of thioether (sulfide) groups is 1. The Morgan fingerprint density at radius 1 is 1.44 bits per heavy atom. The van der Waals surface area contributed by atoms with Crippen LogP contribution in [0.3, 0.4) is 0 Å². The van der Waals surface area contributed by atoms with Crippen molar-refractivity contribution in [3.63, 3.8) is 0 Å². The quantitative estimate of drug-likeness (QED) is 0.652. The summed E-state index contributed by atoms with van der Waals surface area (Å²) in [6.45, 7) is 0. The van der Waals surface area contributed by atoms with E-state index < -0.39 is 0 Å². The number of hydrogen-bond acceptors (Lipinski definition) is 2. The van der Waals surface area contributed by atoms with E-state index >= 15 is 0 Å². The summed E-state index contributed by atoms with van der Waals surface area (Å²) in [6, 6.07) is 6.11. The number of methoxy groups -OCH3 is 1. The minimum Gasteiger partial charge on any atom is -0.497 e. The molecule has 0 saturated heterocycles. The first-order chi connectivity index (χ1) is 7.85. The maximum Gasteiger partial charge on any atom is 0.120 e. The Balaban J connectivity index is 2.20. The third-order valence-corrected chi connectivity index (χ3v) is 3.87. The average Bonchev–Trinajstić information content (AvgIpc) is 2.72. The minimum absolute atomic E-state index is 0.709. The van der Waals surface area contributed by atoms with Gasteiger partial charge in [0.1, 0.15) is 5.75 Å². The smallest absolute Gasteiger partial charge is 0.120 e. The van der Waals surface area contributed by atoms with Gasteiger partial charge in [-0.3, -0.25) is 0 Å². The summed E-state index contributed by atoms with van der Waals surface area (Å²) in [5, 5.41) is 1.27. The lowest BCUT2D eigenvalue weighted by atomic mass is 10.2. The largest absolute Gasteiger partial charge is 0.497 e. The van der Waals surface area contributed by atoms with Crippen LogP contribution in [0.15, 0.2) is 24.4 Å². The van der Waals surface area contributed by atoms with E-state index in [1.165, 1.54) is 10.9 Å². The summed E-state index contributed by atoms with van der Waals surface area (Å²) in [4.78, 5) is 3.26. The van der Waals surface area contributed by atoms with Crippen LogP contribution in [0.2, 0.25) is 0 Å². The van der Waals surface area contributed by atoms with E-state index in [1.54, 1.807) is 7.11 Å². The van der Waals surface area contributed by atoms with E-state index in [1.807, 2.05) is 23.9 Å². The first-order valence-electron chi connectivity index (χ1n) is 5.13. The number of nitrogens with one attached hydrogen (secondary N) is 1. The number of benzene rings is 1. The van der Waals surface area contributed by atoms with E-state index in [0.717, 1.165) is 22.8 Å². The van der Waals surface area contributed by atoms with Crippen LogP contribution in [-0.4, -0.2) is 23.7 Å². The second kappa shape index (κ2) is 5.51. The van der Waals surface area contributed by atoms with Crippen molar-refractivity contribution in [2.45, 2.75) is 5.75 Å². The first-order valence-corrected chi connectivity index (χ1v) is 6.82. The normalized spacial score (nSPS) is 10.9. The second-order valence-corrected chi connectivity index (χ2v) is 4.95. The van der Waals surface area contributed by atoms with Crippen molar-refractivity contribution >= 4 is 34.3 Å². The van der Waals surface area contributed by atoms with Crippen molar-refractivity contribution in [2.24, 2.45) is 0 Å². The highest BCUT2D eigenvalue weighted by Crippen LogP contribution is 2.25. The molecular weight excluding hydrogens is 242 g/mol. The fourth-order valence-electron chi connectivity index (χ4n) is 1.65. The predicted molar refractivity (Wildman–Crippen MR) is 71.7 cm³/mol. The molecule has 1 heterocycles. The Labute approximate surface area is 104 Å². The molecule has 0 radical (unpaired) electrons. The Morgan fingerprint density at radius 2 is 2.31 bits per heavy atom. The van der Waals surface area contributed by atoms with Crippen LogP contribution in [0, 0.1) is 0 Å². The third-order valence-electron chi connectivity index (χ3n) is 2.45. The van der Waals surface area contributed by atoms with Crippen LogP contribution in [0.4, 0.5) is 0 Å². The predicted octanol–water partition coefficient (Wildman–Crippen LogP) is 3.65. The maximum atomic E-state index is 5.65. The standard InChI is InChI=1S/C12H14ClNOS/c1-15-10-2-3-11-9(8-16-5-4-13)7-14-12(11)6-10/h2-3,6-7,14H,4-5,8H2,1H3. The van der Waals surface area contributed by atoms with Crippen LogP contribution < -0.4 is 4.74 Å². The van der Waals surface area contributed by atoms with Gasteiger partial charge in [-0.25, -0.2) is 0 Å². The van der Waals surface area contributed by atoms with Gasteiger partial charge < -0.3 is 9.72 Å². The lowest BCUT2D eigenvalue weighted by molar-refractivity contribution is 0.415. The van der Waals surface area contributed by atoms with Crippen molar-refractivity contribution in [3.05, 3.63) is 30.0 Å². The number of alkyl halides is 1. The molecule has 2 rings (SSSR count). The molecule has 0 aliphatic rings. The number of hydrogen-bond donors (Lipinski definition) is 1. The summed E-state index contributed by atoms with van der Waals surface area (Å²) >= 11 is 7.51. The fraction of sp³-hybridized carbons (Fsp3) is 0.333. The molecule has 1 aromatic carbocycles. The molecule has 0 aliphatic carbocycles. The number of H-pyrrole nitrogens is 1. The molecule has 0 amide bonds. The van der Waals surface area contributed by atoms with Gasteiger partial charge >= 0.3 is 0 Å². The molecule has 0 saturated carbocycles. The molecule has 0 spiro atoms. The van der Waals surface area contributed by atoms with Gasteiger partial charge in [-0.15, -0.1) is 11.6 Å². The van der Waals surface area contributed by atoms with E-state index in [0.29, 0.717) is 5.88 Å². The van der Waals surface area contributed by atoms with Crippen molar-refractivity contribution in [2.75, 3.05) is 18.7 Å². The highest BCUT2D eigenvalue weighted by Gasteiger charge is 2.04. The first kappa shape index (κ1) is 11.7. The zero-order valence-corrected chi connectivity index (χ0v) is 10.7. The van der Waals surface area contributed by atoms with Crippen molar-refractivity contribution in [3.8, 4) is 5.75 Å². The molecule has 0 atom stereocenters. The highest BCUT2D eigenvalue weighted by molar-refractivity contribution is 7.98. The zero-order valence-electron chi connectivity index (χ0n) is 9.13. The van der Waals surface area contributed by atoms with Gasteiger partial charge in [-0.1, -0.05) is 0 Å². The van der Waals surface area contributed by atoms with Crippen LogP contribution >= 0.6 is 23.4 Å². The molecule has 1 aromatic heterocycles. The van der Waals surface area contributed by atoms with Gasteiger partial charge in [-0.05, 0) is 17.7 Å². The molecule has 1 N–H and O–H groups in total. The van der Waals surface area contributed by atoms with Crippen molar-refractivity contribution in [1.29, 1.82) is 0 Å². The lowest BCUT2D eigenvalue weighted by Gasteiger charge is -2.00. The van der Waals surface area contributed by atoms with Gasteiger partial charge in [0.2, 0.25) is 0 Å². The molecule has 0 fully saturated rings. The minimum atomic E-state index is 0.709. The molecule has 2 aromatic rings. The molecule has 4 heteroatoms. The van der Waals surface area contributed by atoms with E-state index in [-0.39, 0.29) is 0 Å². The van der Waals surface area contributed by atoms with E-state index in [9.17, 15) is 0 Å². The summed E-state index contributed by atoms with van der Waals surface area (Å²) < 4.78 is 5.19. The van der Waals surface area contributed by atoms with Gasteiger partial charge in [-0.2, -0.15) is 11.8 Å². The Morgan fingerprint density at radius 3 is 3.06 bits per heavy atom. The van der Waals surface area contributed by atoms with E-state index in [2.05, 4.69) is 17.2 Å². The summed E-state index contributed by atoms with van der Waals surface area (Å²) in [7, 11) is 1.68. The van der Waals surface area contributed by atoms with Crippen LogP contribution in [0.5, 0.6) is 5.75 Å². The molecule has 2 nitrogen and oxygen atoms in total. The third kappa shape index (κ3) is 2.47. The van der Waals surface area contributed by atoms with Crippen molar-refractivity contribution < 1.29 is 4.74 Å². The number of rotatable bonds is 5. The second-order valence-electron chi connectivity index (χ2n) is 3.47. The molecule has 0 bridgehead atoms. The Kier molecular flexibility index (Phi) is 4.02. The lowest BCUT2D eigenvalue weighted by Crippen LogP contribution is -1.83.